The van der Waals surface area contributed by atoms with Crippen molar-refractivity contribution in [3.8, 4) is 6.07 Å². The number of nitrogens with zero attached hydrogens (tertiary/aromatic N) is 1. The zero-order chi connectivity index (χ0) is 20.2. The van der Waals surface area contributed by atoms with Gasteiger partial charge in [0.05, 0.1) is 18.2 Å². The average Bonchev–Trinajstić information content (AvgIpc) is 3.36. The van der Waals surface area contributed by atoms with E-state index in [1.54, 1.807) is 22.7 Å². The van der Waals surface area contributed by atoms with Crippen molar-refractivity contribution >= 4 is 33.6 Å². The fraction of sp³-hybridized carbons (Fsp3) is 0.304. The molecule has 0 bridgehead atoms. The molecule has 0 unspecified atom stereocenters. The molecular formula is C23H23N3OS2. The van der Waals surface area contributed by atoms with E-state index in [4.69, 9.17) is 0 Å². The van der Waals surface area contributed by atoms with Gasteiger partial charge in [-0.2, -0.15) is 5.26 Å². The molecule has 1 amide bonds. The summed E-state index contributed by atoms with van der Waals surface area (Å²) in [6.07, 6.45) is 3.03. The summed E-state index contributed by atoms with van der Waals surface area (Å²) in [5, 5.41) is 18.7. The average molecular weight is 422 g/mol. The van der Waals surface area contributed by atoms with Gasteiger partial charge in [-0.3, -0.25) is 10.1 Å². The smallest absolute Gasteiger partial charge is 0.238 e. The summed E-state index contributed by atoms with van der Waals surface area (Å²) in [7, 11) is 0. The summed E-state index contributed by atoms with van der Waals surface area (Å²) in [4.78, 5) is 15.1. The van der Waals surface area contributed by atoms with Crippen LogP contribution in [0, 0.1) is 17.2 Å². The van der Waals surface area contributed by atoms with Gasteiger partial charge in [0.1, 0.15) is 11.1 Å². The summed E-state index contributed by atoms with van der Waals surface area (Å²) >= 11 is 3.24. The minimum absolute atomic E-state index is 0.0326. The van der Waals surface area contributed by atoms with Crippen LogP contribution in [0.5, 0.6) is 0 Å². The van der Waals surface area contributed by atoms with Crippen molar-refractivity contribution in [3.63, 3.8) is 0 Å². The number of fused-ring (bicyclic) bond motifs is 1. The molecule has 29 heavy (non-hydrogen) atoms. The molecule has 1 aromatic carbocycles. The standard InChI is InChI=1S/C23H23N3OS2/c1-15-9-10-17-18(13-24)23(29-20(17)12-15)26-21(27)14-25-22(19-8-5-11-28-19)16-6-3-2-4-7-16/h2-8,11,15,22,25H,9-10,12,14H2,1H3,(H,26,27)/t15-,22+/m0/s1. The van der Waals surface area contributed by atoms with Gasteiger partial charge in [-0.25, -0.2) is 0 Å². The fourth-order valence-corrected chi connectivity index (χ4v) is 6.01. The fourth-order valence-electron chi connectivity index (χ4n) is 3.81. The number of carbonyl (C=O) groups is 1. The zero-order valence-corrected chi connectivity index (χ0v) is 17.9. The van der Waals surface area contributed by atoms with E-state index in [9.17, 15) is 10.1 Å². The van der Waals surface area contributed by atoms with Crippen LogP contribution < -0.4 is 10.6 Å². The molecule has 1 aliphatic rings. The highest BCUT2D eigenvalue weighted by Crippen LogP contribution is 2.39. The van der Waals surface area contributed by atoms with E-state index in [0.717, 1.165) is 30.4 Å². The highest BCUT2D eigenvalue weighted by atomic mass is 32.1. The van der Waals surface area contributed by atoms with Gasteiger partial charge in [-0.1, -0.05) is 43.3 Å². The molecule has 0 fully saturated rings. The molecule has 4 nitrogen and oxygen atoms in total. The normalized spacial score (nSPS) is 16.6. The van der Waals surface area contributed by atoms with Crippen LogP contribution in [0.15, 0.2) is 47.8 Å². The third-order valence-electron chi connectivity index (χ3n) is 5.30. The van der Waals surface area contributed by atoms with Crippen molar-refractivity contribution in [3.05, 3.63) is 74.3 Å². The number of nitrogens with one attached hydrogen (secondary N) is 2. The van der Waals surface area contributed by atoms with Crippen molar-refractivity contribution in [2.45, 2.75) is 32.2 Å². The second-order valence-electron chi connectivity index (χ2n) is 7.46. The van der Waals surface area contributed by atoms with Gasteiger partial charge in [0.15, 0.2) is 0 Å². The van der Waals surface area contributed by atoms with Crippen LogP contribution >= 0.6 is 22.7 Å². The molecule has 3 aromatic rings. The number of amides is 1. The first-order valence-electron chi connectivity index (χ1n) is 9.82. The molecule has 2 heterocycles. The monoisotopic (exact) mass is 421 g/mol. The summed E-state index contributed by atoms with van der Waals surface area (Å²) in [6, 6.07) is 16.5. The van der Waals surface area contributed by atoms with Gasteiger partial charge >= 0.3 is 0 Å². The first-order valence-corrected chi connectivity index (χ1v) is 11.5. The number of rotatable bonds is 6. The van der Waals surface area contributed by atoms with Crippen molar-refractivity contribution in [2.24, 2.45) is 5.92 Å². The van der Waals surface area contributed by atoms with E-state index in [1.165, 1.54) is 9.75 Å². The first-order chi connectivity index (χ1) is 14.2. The van der Waals surface area contributed by atoms with Crippen LogP contribution in [0.25, 0.3) is 0 Å². The SMILES string of the molecule is C[C@H]1CCc2c(sc(NC(=O)CN[C@H](c3ccccc3)c3cccs3)c2C#N)C1. The quantitative estimate of drug-likeness (QED) is 0.580. The van der Waals surface area contributed by atoms with Crippen LogP contribution in [0.1, 0.15) is 45.8 Å². The number of nitriles is 1. The van der Waals surface area contributed by atoms with E-state index >= 15 is 0 Å². The Morgan fingerprint density at radius 3 is 2.83 bits per heavy atom. The largest absolute Gasteiger partial charge is 0.315 e. The zero-order valence-electron chi connectivity index (χ0n) is 16.3. The predicted octanol–water partition coefficient (Wildman–Crippen LogP) is 5.12. The Kier molecular flexibility index (Phi) is 6.10. The molecule has 1 aliphatic carbocycles. The molecule has 2 atom stereocenters. The Bertz CT molecular complexity index is 1020. The number of benzene rings is 1. The Hall–Kier alpha value is -2.46. The lowest BCUT2D eigenvalue weighted by Gasteiger charge is -2.18. The van der Waals surface area contributed by atoms with Crippen LogP contribution in [0.4, 0.5) is 5.00 Å². The second-order valence-corrected chi connectivity index (χ2v) is 9.54. The van der Waals surface area contributed by atoms with Crippen LogP contribution in [0.2, 0.25) is 0 Å². The lowest BCUT2D eigenvalue weighted by molar-refractivity contribution is -0.115. The summed E-state index contributed by atoms with van der Waals surface area (Å²) in [6.45, 7) is 2.42. The molecule has 0 saturated carbocycles. The van der Waals surface area contributed by atoms with Crippen LogP contribution in [0.3, 0.4) is 0 Å². The Labute approximate surface area is 179 Å². The van der Waals surface area contributed by atoms with Gasteiger partial charge in [-0.05, 0) is 47.8 Å². The number of carbonyl (C=O) groups excluding carboxylic acids is 1. The highest BCUT2D eigenvalue weighted by Gasteiger charge is 2.25. The van der Waals surface area contributed by atoms with E-state index in [2.05, 4.69) is 41.8 Å². The van der Waals surface area contributed by atoms with Crippen molar-refractivity contribution in [2.75, 3.05) is 11.9 Å². The summed E-state index contributed by atoms with van der Waals surface area (Å²) < 4.78 is 0. The first kappa shape index (κ1) is 19.8. The maximum absolute atomic E-state index is 12.7. The molecule has 4 rings (SSSR count). The van der Waals surface area contributed by atoms with Gasteiger partial charge in [0, 0.05) is 9.75 Å². The van der Waals surface area contributed by atoms with Gasteiger partial charge < -0.3 is 5.32 Å². The van der Waals surface area contributed by atoms with E-state index in [0.29, 0.717) is 16.5 Å². The molecule has 0 radical (unpaired) electrons. The number of hydrogen-bond donors (Lipinski definition) is 2. The highest BCUT2D eigenvalue weighted by molar-refractivity contribution is 7.16. The predicted molar refractivity (Wildman–Crippen MR) is 119 cm³/mol. The molecule has 2 N–H and O–H groups in total. The lowest BCUT2D eigenvalue weighted by Crippen LogP contribution is -2.31. The third-order valence-corrected chi connectivity index (χ3v) is 7.41. The van der Waals surface area contributed by atoms with E-state index < -0.39 is 0 Å². The minimum Gasteiger partial charge on any atom is -0.315 e. The molecule has 6 heteroatoms. The number of thiophene rings is 2. The summed E-state index contributed by atoms with van der Waals surface area (Å²) in [5.41, 5.74) is 2.92. The van der Waals surface area contributed by atoms with Crippen LogP contribution in [-0.2, 0) is 17.6 Å². The van der Waals surface area contributed by atoms with Gasteiger partial charge in [0.2, 0.25) is 5.91 Å². The van der Waals surface area contributed by atoms with Gasteiger partial charge in [-0.15, -0.1) is 22.7 Å². The Balaban J connectivity index is 1.47. The number of hydrogen-bond acceptors (Lipinski definition) is 5. The second kappa shape index (κ2) is 8.91. The molecule has 0 aliphatic heterocycles. The molecule has 2 aromatic heterocycles. The Morgan fingerprint density at radius 2 is 2.10 bits per heavy atom. The third kappa shape index (κ3) is 4.43. The number of anilines is 1. The molecule has 0 saturated heterocycles. The molecule has 0 spiro atoms. The van der Waals surface area contributed by atoms with E-state index in [1.807, 2.05) is 29.6 Å². The molecule has 148 valence electrons. The maximum atomic E-state index is 12.7. The lowest BCUT2D eigenvalue weighted by atomic mass is 9.89. The van der Waals surface area contributed by atoms with E-state index in [-0.39, 0.29) is 18.5 Å². The summed E-state index contributed by atoms with van der Waals surface area (Å²) in [5.74, 6) is 0.515. The maximum Gasteiger partial charge on any atom is 0.238 e. The Morgan fingerprint density at radius 1 is 1.28 bits per heavy atom. The van der Waals surface area contributed by atoms with Crippen molar-refractivity contribution in [1.29, 1.82) is 5.26 Å². The van der Waals surface area contributed by atoms with Crippen molar-refractivity contribution in [1.82, 2.24) is 5.32 Å². The molecular weight excluding hydrogens is 398 g/mol. The minimum atomic E-state index is -0.120. The van der Waals surface area contributed by atoms with Gasteiger partial charge in [0.25, 0.3) is 0 Å². The van der Waals surface area contributed by atoms with Crippen molar-refractivity contribution < 1.29 is 4.79 Å². The van der Waals surface area contributed by atoms with Crippen LogP contribution in [-0.4, -0.2) is 12.5 Å². The topological polar surface area (TPSA) is 64.9 Å².